The molecule has 4 rings (SSSR count). The predicted octanol–water partition coefficient (Wildman–Crippen LogP) is 3.46. The van der Waals surface area contributed by atoms with Crippen LogP contribution in [-0.4, -0.2) is 38.2 Å². The lowest BCUT2D eigenvalue weighted by Crippen LogP contribution is -2.41. The molecule has 3 heterocycles. The van der Waals surface area contributed by atoms with Crippen molar-refractivity contribution in [1.29, 1.82) is 0 Å². The Morgan fingerprint density at radius 2 is 1.87 bits per heavy atom. The maximum absolute atomic E-state index is 13.1. The van der Waals surface area contributed by atoms with Crippen molar-refractivity contribution >= 4 is 17.4 Å². The number of para-hydroxylation sites is 1. The molecule has 1 fully saturated rings. The Morgan fingerprint density at radius 3 is 2.57 bits per heavy atom. The van der Waals surface area contributed by atoms with Gasteiger partial charge in [0.05, 0.1) is 17.4 Å². The number of aromatic nitrogens is 3. The van der Waals surface area contributed by atoms with Crippen LogP contribution in [0.1, 0.15) is 30.0 Å². The number of benzene rings is 1. The number of carbonyl (C=O) groups excluding carboxylic acids is 1. The van der Waals surface area contributed by atoms with Gasteiger partial charge < -0.3 is 14.8 Å². The number of nitrogens with zero attached hydrogens (tertiary/aromatic N) is 4. The van der Waals surface area contributed by atoms with E-state index in [4.69, 9.17) is 0 Å². The fraction of sp³-hybridized carbons (Fsp3) is 0.350. The van der Waals surface area contributed by atoms with Crippen molar-refractivity contribution in [3.63, 3.8) is 0 Å². The second-order valence-corrected chi connectivity index (χ2v) is 7.30. The molecule has 0 saturated carbocycles. The van der Waals surface area contributed by atoms with Gasteiger partial charge in [-0.05, 0) is 25.0 Å². The molecule has 1 aliphatic rings. The van der Waals surface area contributed by atoms with E-state index in [1.54, 1.807) is 18.3 Å². The van der Waals surface area contributed by atoms with Crippen LogP contribution in [-0.2, 0) is 13.2 Å². The minimum absolute atomic E-state index is 0.0640. The Morgan fingerprint density at radius 1 is 1.17 bits per heavy atom. The summed E-state index contributed by atoms with van der Waals surface area (Å²) in [5.74, 6) is 0.0640. The van der Waals surface area contributed by atoms with Crippen LogP contribution in [0.3, 0.4) is 0 Å². The number of nitrogens with one attached hydrogen (secondary N) is 1. The lowest BCUT2D eigenvalue weighted by molar-refractivity contribution is -0.136. The standard InChI is InChI=1S/C20H20F3N5O2/c1-26-16(12-18(29)28-17(26)6-9-24-28)13-7-10-27(11-8-13)19(30)25-15-5-3-2-4-14(15)20(21,22)23/h2-6,9,12-13H,7-8,10-11H2,1H3,(H,25,30). The molecule has 158 valence electrons. The molecule has 2 aromatic heterocycles. The average molecular weight is 419 g/mol. The highest BCUT2D eigenvalue weighted by Gasteiger charge is 2.34. The number of fused-ring (bicyclic) bond motifs is 1. The lowest BCUT2D eigenvalue weighted by atomic mass is 9.93. The second-order valence-electron chi connectivity index (χ2n) is 7.30. The van der Waals surface area contributed by atoms with Crippen molar-refractivity contribution in [3.8, 4) is 0 Å². The molecule has 2 amide bonds. The van der Waals surface area contributed by atoms with Crippen LogP contribution in [0, 0.1) is 0 Å². The molecule has 0 spiro atoms. The molecule has 0 unspecified atom stereocenters. The third-order valence-corrected chi connectivity index (χ3v) is 5.51. The molecule has 0 bridgehead atoms. The zero-order valence-corrected chi connectivity index (χ0v) is 16.2. The number of aryl methyl sites for hydroxylation is 1. The van der Waals surface area contributed by atoms with Crippen molar-refractivity contribution < 1.29 is 18.0 Å². The van der Waals surface area contributed by atoms with E-state index in [1.165, 1.54) is 27.6 Å². The van der Waals surface area contributed by atoms with E-state index in [9.17, 15) is 22.8 Å². The van der Waals surface area contributed by atoms with Gasteiger partial charge >= 0.3 is 12.2 Å². The molecule has 10 heteroatoms. The quantitative estimate of drug-likeness (QED) is 0.692. The van der Waals surface area contributed by atoms with E-state index < -0.39 is 17.8 Å². The second kappa shape index (κ2) is 7.51. The molecule has 0 atom stereocenters. The van der Waals surface area contributed by atoms with E-state index in [1.807, 2.05) is 11.6 Å². The van der Waals surface area contributed by atoms with Crippen LogP contribution in [0.15, 0.2) is 47.4 Å². The monoisotopic (exact) mass is 419 g/mol. The Labute approximate surface area is 169 Å². The molecule has 3 aromatic rings. The van der Waals surface area contributed by atoms with Crippen molar-refractivity contribution in [2.75, 3.05) is 18.4 Å². The molecule has 1 aliphatic heterocycles. The number of likely N-dealkylation sites (tertiary alicyclic amines) is 1. The van der Waals surface area contributed by atoms with Gasteiger partial charge in [0.25, 0.3) is 5.56 Å². The van der Waals surface area contributed by atoms with Gasteiger partial charge in [-0.3, -0.25) is 4.79 Å². The Bertz CT molecular complexity index is 1140. The molecule has 0 radical (unpaired) electrons. The first kappa shape index (κ1) is 20.0. The molecule has 1 N–H and O–H groups in total. The minimum Gasteiger partial charge on any atom is -0.333 e. The predicted molar refractivity (Wildman–Crippen MR) is 104 cm³/mol. The Hall–Kier alpha value is -3.30. The van der Waals surface area contributed by atoms with Gasteiger partial charge in [0.1, 0.15) is 5.65 Å². The van der Waals surface area contributed by atoms with Crippen LogP contribution >= 0.6 is 0 Å². The van der Waals surface area contributed by atoms with Crippen LogP contribution in [0.4, 0.5) is 23.7 Å². The summed E-state index contributed by atoms with van der Waals surface area (Å²) >= 11 is 0. The first-order valence-corrected chi connectivity index (χ1v) is 9.51. The Balaban J connectivity index is 1.46. The highest BCUT2D eigenvalue weighted by atomic mass is 19.4. The Kier molecular flexibility index (Phi) is 5.00. The van der Waals surface area contributed by atoms with Crippen LogP contribution in [0.2, 0.25) is 0 Å². The van der Waals surface area contributed by atoms with Gasteiger partial charge in [0, 0.05) is 43.9 Å². The molecule has 7 nitrogen and oxygen atoms in total. The van der Waals surface area contributed by atoms with Gasteiger partial charge in [0.15, 0.2) is 0 Å². The number of carbonyl (C=O) groups is 1. The zero-order valence-electron chi connectivity index (χ0n) is 16.2. The van der Waals surface area contributed by atoms with Crippen molar-refractivity contribution in [3.05, 3.63) is 64.2 Å². The van der Waals surface area contributed by atoms with Gasteiger partial charge in [-0.15, -0.1) is 0 Å². The van der Waals surface area contributed by atoms with Crippen molar-refractivity contribution in [2.24, 2.45) is 7.05 Å². The van der Waals surface area contributed by atoms with E-state index in [-0.39, 0.29) is 17.2 Å². The van der Waals surface area contributed by atoms with Crippen molar-refractivity contribution in [1.82, 2.24) is 19.1 Å². The summed E-state index contributed by atoms with van der Waals surface area (Å²) in [6.07, 6.45) is -1.78. The number of amides is 2. The summed E-state index contributed by atoms with van der Waals surface area (Å²) in [6.45, 7) is 0.757. The normalized spacial score (nSPS) is 15.5. The fourth-order valence-corrected chi connectivity index (χ4v) is 3.94. The topological polar surface area (TPSA) is 71.6 Å². The van der Waals surface area contributed by atoms with E-state index in [0.717, 1.165) is 11.8 Å². The average Bonchev–Trinajstić information content (AvgIpc) is 3.21. The fourth-order valence-electron chi connectivity index (χ4n) is 3.94. The van der Waals surface area contributed by atoms with Crippen molar-refractivity contribution in [2.45, 2.75) is 24.9 Å². The minimum atomic E-state index is -4.55. The SMILES string of the molecule is Cn1c(C2CCN(C(=O)Nc3ccccc3C(F)(F)F)CC2)cc(=O)n2nccc12. The molecular weight excluding hydrogens is 399 g/mol. The number of halogens is 3. The summed E-state index contributed by atoms with van der Waals surface area (Å²) in [5, 5.41) is 6.39. The third kappa shape index (κ3) is 3.64. The molecule has 1 saturated heterocycles. The van der Waals surface area contributed by atoms with E-state index >= 15 is 0 Å². The van der Waals surface area contributed by atoms with Crippen LogP contribution in [0.25, 0.3) is 5.65 Å². The zero-order chi connectivity index (χ0) is 21.5. The smallest absolute Gasteiger partial charge is 0.333 e. The number of rotatable bonds is 2. The van der Waals surface area contributed by atoms with Crippen LogP contribution < -0.4 is 10.9 Å². The molecule has 0 aliphatic carbocycles. The largest absolute Gasteiger partial charge is 0.418 e. The number of urea groups is 1. The van der Waals surface area contributed by atoms with E-state index in [2.05, 4.69) is 10.4 Å². The first-order chi connectivity index (χ1) is 14.3. The maximum atomic E-state index is 13.1. The van der Waals surface area contributed by atoms with Gasteiger partial charge in [-0.25, -0.2) is 4.79 Å². The molecule has 1 aromatic carbocycles. The molecular formula is C20H20F3N5O2. The summed E-state index contributed by atoms with van der Waals surface area (Å²) in [5.41, 5.74) is 0.187. The highest BCUT2D eigenvalue weighted by molar-refractivity contribution is 5.90. The van der Waals surface area contributed by atoms with E-state index in [0.29, 0.717) is 31.6 Å². The van der Waals surface area contributed by atoms with Gasteiger partial charge in [0.2, 0.25) is 0 Å². The number of piperidine rings is 1. The number of hydrogen-bond acceptors (Lipinski definition) is 3. The molecule has 30 heavy (non-hydrogen) atoms. The van der Waals surface area contributed by atoms with Gasteiger partial charge in [-0.1, -0.05) is 12.1 Å². The third-order valence-electron chi connectivity index (χ3n) is 5.51. The van der Waals surface area contributed by atoms with Crippen LogP contribution in [0.5, 0.6) is 0 Å². The summed E-state index contributed by atoms with van der Waals surface area (Å²) in [4.78, 5) is 26.3. The summed E-state index contributed by atoms with van der Waals surface area (Å²) < 4.78 is 42.7. The summed E-state index contributed by atoms with van der Waals surface area (Å²) in [6, 6.07) is 7.66. The number of anilines is 1. The number of alkyl halides is 3. The van der Waals surface area contributed by atoms with Gasteiger partial charge in [-0.2, -0.15) is 22.8 Å². The first-order valence-electron chi connectivity index (χ1n) is 9.51. The summed E-state index contributed by atoms with van der Waals surface area (Å²) in [7, 11) is 1.86. The highest BCUT2D eigenvalue weighted by Crippen LogP contribution is 2.35. The number of hydrogen-bond donors (Lipinski definition) is 1. The maximum Gasteiger partial charge on any atom is 0.418 e. The lowest BCUT2D eigenvalue weighted by Gasteiger charge is -2.33.